The fraction of sp³-hybridized carbons (Fsp3) is 0.405. The van der Waals surface area contributed by atoms with Gasteiger partial charge in [-0.2, -0.15) is 10.1 Å². The number of benzene rings is 3. The molecule has 1 atom stereocenters. The largest absolute Gasteiger partial charge is 0.344 e. The fourth-order valence-electron chi connectivity index (χ4n) is 6.92. The number of nitrogens with one attached hydrogen (secondary N) is 5. The van der Waals surface area contributed by atoms with Gasteiger partial charge < -0.3 is 21.7 Å². The molecule has 1 saturated heterocycles. The number of aromatic nitrogens is 3. The predicted molar refractivity (Wildman–Crippen MR) is 206 cm³/mol. The first kappa shape index (κ1) is 39.4. The molecular weight excluding hydrogens is 723 g/mol. The van der Waals surface area contributed by atoms with E-state index < -0.39 is 16.1 Å². The van der Waals surface area contributed by atoms with Gasteiger partial charge in [0, 0.05) is 29.6 Å². The van der Waals surface area contributed by atoms with E-state index in [4.69, 9.17) is 17.3 Å². The van der Waals surface area contributed by atoms with Crippen molar-refractivity contribution in [3.05, 3.63) is 83.1 Å². The summed E-state index contributed by atoms with van der Waals surface area (Å²) in [6.07, 6.45) is 5.02. The first-order valence-corrected chi connectivity index (χ1v) is 19.4. The average Bonchev–Trinajstić information content (AvgIpc) is 3.58. The zero-order valence-electron chi connectivity index (χ0n) is 29.0. The van der Waals surface area contributed by atoms with Gasteiger partial charge in [-0.15, -0.1) is 12.4 Å². The quantitative estimate of drug-likeness (QED) is 0.117. The zero-order chi connectivity index (χ0) is 36.0. The van der Waals surface area contributed by atoms with Crippen molar-refractivity contribution in [1.29, 1.82) is 0 Å². The van der Waals surface area contributed by atoms with Crippen molar-refractivity contribution in [1.82, 2.24) is 30.5 Å². The third-order valence-corrected chi connectivity index (χ3v) is 11.6. The molecule has 52 heavy (non-hydrogen) atoms. The van der Waals surface area contributed by atoms with Crippen LogP contribution in [0.2, 0.25) is 5.28 Å². The third-order valence-electron chi connectivity index (χ3n) is 9.90. The smallest absolute Gasteiger partial charge is 0.247 e. The molecule has 15 heteroatoms. The summed E-state index contributed by atoms with van der Waals surface area (Å²) in [6, 6.07) is 19.1. The molecule has 2 heterocycles. The monoisotopic (exact) mass is 768 g/mol. The summed E-state index contributed by atoms with van der Waals surface area (Å²) in [5.41, 5.74) is 10.6. The van der Waals surface area contributed by atoms with Gasteiger partial charge in [-0.05, 0) is 141 Å². The summed E-state index contributed by atoms with van der Waals surface area (Å²) in [7, 11) is -3.66. The number of aryl methyl sites for hydroxylation is 1. The minimum absolute atomic E-state index is 0. The van der Waals surface area contributed by atoms with Crippen molar-refractivity contribution in [3.8, 4) is 22.5 Å². The molecule has 0 unspecified atom stereocenters. The molecule has 2 fully saturated rings. The van der Waals surface area contributed by atoms with Crippen LogP contribution in [-0.4, -0.2) is 67.1 Å². The standard InChI is InChI=1S/C37H45ClN8O4S.ClH/c1-23-19-31(51(49,50)46-30-15-17-40-18-16-30)13-14-32(23)28-4-2-3-25(20-28)21-33(42-35(47)27-7-5-24(22-39)6-8-27)36(48)41-29-11-9-26(10-12-29)34-43-37(38)45-44-34;/h2-4,9-14,19-20,24,27,30,33,40,46H,5-8,15-18,21-22,39H2,1H3,(H,41,48)(H,42,47)(H,43,44,45);1H/t24?,27?,33-;/m0./s1. The molecule has 6 rings (SSSR count). The summed E-state index contributed by atoms with van der Waals surface area (Å²) in [6.45, 7) is 4.09. The second kappa shape index (κ2) is 17.8. The number of anilines is 1. The topological polar surface area (TPSA) is 184 Å². The highest BCUT2D eigenvalue weighted by atomic mass is 35.5. The Balaban J connectivity index is 0.00000523. The summed E-state index contributed by atoms with van der Waals surface area (Å²) in [4.78, 5) is 31.7. The molecule has 7 N–H and O–H groups in total. The first-order valence-electron chi connectivity index (χ1n) is 17.5. The van der Waals surface area contributed by atoms with E-state index in [1.807, 2.05) is 37.3 Å². The average molecular weight is 770 g/mol. The minimum Gasteiger partial charge on any atom is -0.344 e. The maximum atomic E-state index is 13.8. The number of H-pyrrole nitrogens is 1. The van der Waals surface area contributed by atoms with Gasteiger partial charge in [0.15, 0.2) is 5.82 Å². The van der Waals surface area contributed by atoms with E-state index in [-0.39, 0.29) is 52.8 Å². The molecule has 1 aliphatic heterocycles. The van der Waals surface area contributed by atoms with Gasteiger partial charge in [0.05, 0.1) is 4.90 Å². The number of nitrogens with zero attached hydrogens (tertiary/aromatic N) is 2. The van der Waals surface area contributed by atoms with Crippen molar-refractivity contribution in [2.75, 3.05) is 25.0 Å². The number of carbonyl (C=O) groups is 2. The summed E-state index contributed by atoms with van der Waals surface area (Å²) < 4.78 is 29.2. The second-order valence-corrected chi connectivity index (χ2v) is 15.6. The molecule has 12 nitrogen and oxygen atoms in total. The molecular formula is C37H46Cl2N8O4S. The maximum Gasteiger partial charge on any atom is 0.247 e. The molecule has 3 aromatic carbocycles. The van der Waals surface area contributed by atoms with Crippen LogP contribution in [0, 0.1) is 18.8 Å². The van der Waals surface area contributed by atoms with E-state index in [0.29, 0.717) is 24.0 Å². The Kier molecular flexibility index (Phi) is 13.5. The van der Waals surface area contributed by atoms with Crippen molar-refractivity contribution < 1.29 is 18.0 Å². The number of sulfonamides is 1. The van der Waals surface area contributed by atoms with Gasteiger partial charge in [0.2, 0.25) is 27.1 Å². The Morgan fingerprint density at radius 2 is 1.69 bits per heavy atom. The number of amides is 2. The van der Waals surface area contributed by atoms with Crippen molar-refractivity contribution in [2.45, 2.75) is 68.8 Å². The summed E-state index contributed by atoms with van der Waals surface area (Å²) >= 11 is 5.88. The Labute approximate surface area is 315 Å². The summed E-state index contributed by atoms with van der Waals surface area (Å²) in [5.74, 6) is 0.209. The van der Waals surface area contributed by atoms with Gasteiger partial charge in [-0.25, -0.2) is 18.2 Å². The molecule has 0 spiro atoms. The number of nitrogens with two attached hydrogens (primary N) is 1. The lowest BCUT2D eigenvalue weighted by Gasteiger charge is -2.28. The lowest BCUT2D eigenvalue weighted by molar-refractivity contribution is -0.130. The van der Waals surface area contributed by atoms with Crippen molar-refractivity contribution in [3.63, 3.8) is 0 Å². The van der Waals surface area contributed by atoms with Crippen LogP contribution >= 0.6 is 24.0 Å². The van der Waals surface area contributed by atoms with Gasteiger partial charge in [-0.3, -0.25) is 9.59 Å². The molecule has 2 amide bonds. The van der Waals surface area contributed by atoms with Crippen LogP contribution in [0.4, 0.5) is 5.69 Å². The van der Waals surface area contributed by atoms with Gasteiger partial charge >= 0.3 is 0 Å². The van der Waals surface area contributed by atoms with Crippen LogP contribution in [0.15, 0.2) is 71.6 Å². The van der Waals surface area contributed by atoms with Crippen LogP contribution in [0.3, 0.4) is 0 Å². The molecule has 4 aromatic rings. The SMILES string of the molecule is Cc1cc(S(=O)(=O)NC2CCNCC2)ccc1-c1cccc(C[C@H](NC(=O)C2CCC(CN)CC2)C(=O)Nc2ccc(-c3n[nH]c(Cl)n3)cc2)c1.Cl. The lowest BCUT2D eigenvalue weighted by Crippen LogP contribution is -2.48. The van der Waals surface area contributed by atoms with Crippen molar-refractivity contribution in [2.24, 2.45) is 17.6 Å². The Morgan fingerprint density at radius 1 is 0.962 bits per heavy atom. The number of aromatic amines is 1. The fourth-order valence-corrected chi connectivity index (χ4v) is 8.43. The third kappa shape index (κ3) is 9.97. The number of hydrogen-bond donors (Lipinski definition) is 6. The van der Waals surface area contributed by atoms with Gasteiger partial charge in [0.25, 0.3) is 0 Å². The van der Waals surface area contributed by atoms with E-state index >= 15 is 0 Å². The lowest BCUT2D eigenvalue weighted by atomic mass is 9.81. The molecule has 1 saturated carbocycles. The molecule has 1 aromatic heterocycles. The Hall–Kier alpha value is -3.85. The highest BCUT2D eigenvalue weighted by Gasteiger charge is 2.30. The number of hydrogen-bond acceptors (Lipinski definition) is 8. The summed E-state index contributed by atoms with van der Waals surface area (Å²) in [5, 5.41) is 16.1. The van der Waals surface area contributed by atoms with Crippen molar-refractivity contribution >= 4 is 51.5 Å². The molecule has 0 bridgehead atoms. The molecule has 278 valence electrons. The maximum absolute atomic E-state index is 13.8. The first-order chi connectivity index (χ1) is 24.6. The van der Waals surface area contributed by atoms with Crippen LogP contribution in [0.1, 0.15) is 49.7 Å². The second-order valence-electron chi connectivity index (χ2n) is 13.6. The molecule has 2 aliphatic rings. The van der Waals surface area contributed by atoms with E-state index in [0.717, 1.165) is 79.4 Å². The van der Waals surface area contributed by atoms with E-state index in [2.05, 4.69) is 35.9 Å². The molecule has 1 aliphatic carbocycles. The number of rotatable bonds is 12. The van der Waals surface area contributed by atoms with Crippen LogP contribution < -0.4 is 26.4 Å². The number of halogens is 2. The Morgan fingerprint density at radius 3 is 2.35 bits per heavy atom. The van der Waals surface area contributed by atoms with E-state index in [9.17, 15) is 18.0 Å². The van der Waals surface area contributed by atoms with E-state index in [1.165, 1.54) is 0 Å². The van der Waals surface area contributed by atoms with Crippen LogP contribution in [0.5, 0.6) is 0 Å². The number of piperidine rings is 1. The zero-order valence-corrected chi connectivity index (χ0v) is 31.4. The van der Waals surface area contributed by atoms with Gasteiger partial charge in [-0.1, -0.05) is 30.3 Å². The number of carbonyl (C=O) groups excluding carboxylic acids is 2. The predicted octanol–water partition coefficient (Wildman–Crippen LogP) is 4.98. The minimum atomic E-state index is -3.66. The van der Waals surface area contributed by atoms with Crippen LogP contribution in [0.25, 0.3) is 22.5 Å². The highest BCUT2D eigenvalue weighted by molar-refractivity contribution is 7.89. The molecule has 0 radical (unpaired) electrons. The van der Waals surface area contributed by atoms with Crippen LogP contribution in [-0.2, 0) is 26.0 Å². The van der Waals surface area contributed by atoms with Gasteiger partial charge in [0.1, 0.15) is 6.04 Å². The normalized spacial score (nSPS) is 18.6. The van der Waals surface area contributed by atoms with E-state index in [1.54, 1.807) is 36.4 Å². The highest BCUT2D eigenvalue weighted by Crippen LogP contribution is 2.30. The Bertz CT molecular complexity index is 1940.